The first-order valence-electron chi connectivity index (χ1n) is 5.22. The Morgan fingerprint density at radius 2 is 2.14 bits per heavy atom. The van der Waals surface area contributed by atoms with E-state index in [1.54, 1.807) is 0 Å². The van der Waals surface area contributed by atoms with E-state index >= 15 is 0 Å². The zero-order chi connectivity index (χ0) is 9.80. The summed E-state index contributed by atoms with van der Waals surface area (Å²) < 4.78 is 0. The summed E-state index contributed by atoms with van der Waals surface area (Å²) in [5, 5.41) is 0. The minimum absolute atomic E-state index is 0.412. The van der Waals surface area contributed by atoms with Gasteiger partial charge in [0.1, 0.15) is 0 Å². The summed E-state index contributed by atoms with van der Waals surface area (Å²) in [6, 6.07) is 6.48. The van der Waals surface area contributed by atoms with Gasteiger partial charge in [-0.3, -0.25) is 9.88 Å². The quantitative estimate of drug-likeness (QED) is 0.758. The molecule has 3 nitrogen and oxygen atoms in total. The van der Waals surface area contributed by atoms with Crippen molar-refractivity contribution in [2.75, 3.05) is 13.1 Å². The normalized spacial score (nSPS) is 19.8. The van der Waals surface area contributed by atoms with Gasteiger partial charge in [0.15, 0.2) is 0 Å². The van der Waals surface area contributed by atoms with Crippen molar-refractivity contribution in [1.82, 2.24) is 9.88 Å². The molecule has 0 spiro atoms. The maximum Gasteiger partial charge on any atom is 0.0543 e. The standard InChI is InChI=1S/C11H17N3/c12-10-4-7-14(8-5-10)9-11-3-1-2-6-13-11/h1-3,6,10H,4-5,7-9,12H2. The molecule has 76 valence electrons. The molecule has 0 radical (unpaired) electrons. The van der Waals surface area contributed by atoms with Crippen LogP contribution in [0.3, 0.4) is 0 Å². The number of hydrogen-bond acceptors (Lipinski definition) is 3. The van der Waals surface area contributed by atoms with Crippen molar-refractivity contribution in [1.29, 1.82) is 0 Å². The minimum Gasteiger partial charge on any atom is -0.328 e. The summed E-state index contributed by atoms with van der Waals surface area (Å²) in [4.78, 5) is 6.74. The summed E-state index contributed by atoms with van der Waals surface area (Å²) in [6.07, 6.45) is 4.09. The molecular formula is C11H17N3. The minimum atomic E-state index is 0.412. The van der Waals surface area contributed by atoms with E-state index < -0.39 is 0 Å². The van der Waals surface area contributed by atoms with Crippen LogP contribution in [-0.2, 0) is 6.54 Å². The average Bonchev–Trinajstić information content (AvgIpc) is 2.23. The number of piperidine rings is 1. The van der Waals surface area contributed by atoms with Crippen LogP contribution in [0.5, 0.6) is 0 Å². The zero-order valence-corrected chi connectivity index (χ0v) is 8.39. The van der Waals surface area contributed by atoms with Gasteiger partial charge in [-0.15, -0.1) is 0 Å². The van der Waals surface area contributed by atoms with Crippen molar-refractivity contribution in [2.45, 2.75) is 25.4 Å². The first kappa shape index (κ1) is 9.62. The fourth-order valence-electron chi connectivity index (χ4n) is 1.83. The van der Waals surface area contributed by atoms with Gasteiger partial charge in [0.05, 0.1) is 5.69 Å². The molecule has 1 aromatic heterocycles. The summed E-state index contributed by atoms with van der Waals surface area (Å²) >= 11 is 0. The Morgan fingerprint density at radius 1 is 1.36 bits per heavy atom. The first-order chi connectivity index (χ1) is 6.84. The van der Waals surface area contributed by atoms with Crippen LogP contribution in [0.2, 0.25) is 0 Å². The summed E-state index contributed by atoms with van der Waals surface area (Å²) in [5.74, 6) is 0. The van der Waals surface area contributed by atoms with Crippen molar-refractivity contribution in [3.63, 3.8) is 0 Å². The van der Waals surface area contributed by atoms with Gasteiger partial charge in [-0.25, -0.2) is 0 Å². The predicted molar refractivity (Wildman–Crippen MR) is 56.7 cm³/mol. The molecule has 3 heteroatoms. The lowest BCUT2D eigenvalue weighted by atomic mass is 10.1. The molecule has 1 aliphatic heterocycles. The fraction of sp³-hybridized carbons (Fsp3) is 0.545. The van der Waals surface area contributed by atoms with Crippen LogP contribution in [0.15, 0.2) is 24.4 Å². The van der Waals surface area contributed by atoms with Crippen LogP contribution in [0.25, 0.3) is 0 Å². The summed E-state index contributed by atoms with van der Waals surface area (Å²) in [5.41, 5.74) is 7.00. The topological polar surface area (TPSA) is 42.1 Å². The van der Waals surface area contributed by atoms with E-state index in [1.807, 2.05) is 18.3 Å². The molecule has 2 N–H and O–H groups in total. The first-order valence-corrected chi connectivity index (χ1v) is 5.22. The van der Waals surface area contributed by atoms with Crippen molar-refractivity contribution in [2.24, 2.45) is 5.73 Å². The predicted octanol–water partition coefficient (Wildman–Crippen LogP) is 1.00. The Labute approximate surface area is 84.9 Å². The Bertz CT molecular complexity index is 265. The molecule has 2 rings (SSSR count). The highest BCUT2D eigenvalue weighted by atomic mass is 15.1. The Balaban J connectivity index is 1.87. The molecule has 1 saturated heterocycles. The second kappa shape index (κ2) is 4.53. The summed E-state index contributed by atoms with van der Waals surface area (Å²) in [6.45, 7) is 3.18. The molecule has 0 bridgehead atoms. The summed E-state index contributed by atoms with van der Waals surface area (Å²) in [7, 11) is 0. The molecular weight excluding hydrogens is 174 g/mol. The Hall–Kier alpha value is -0.930. The lowest BCUT2D eigenvalue weighted by molar-refractivity contribution is 0.203. The third kappa shape index (κ3) is 2.53. The molecule has 0 aliphatic carbocycles. The number of rotatable bonds is 2. The lowest BCUT2D eigenvalue weighted by Gasteiger charge is -2.29. The Morgan fingerprint density at radius 3 is 2.79 bits per heavy atom. The highest BCUT2D eigenvalue weighted by Crippen LogP contribution is 2.10. The van der Waals surface area contributed by atoms with Crippen LogP contribution >= 0.6 is 0 Å². The third-order valence-corrected chi connectivity index (χ3v) is 2.74. The van der Waals surface area contributed by atoms with Gasteiger partial charge < -0.3 is 5.73 Å². The lowest BCUT2D eigenvalue weighted by Crippen LogP contribution is -2.39. The zero-order valence-electron chi connectivity index (χ0n) is 8.39. The van der Waals surface area contributed by atoms with Gasteiger partial charge in [-0.05, 0) is 25.0 Å². The molecule has 0 unspecified atom stereocenters. The maximum atomic E-state index is 5.85. The number of hydrogen-bond donors (Lipinski definition) is 1. The molecule has 1 aromatic rings. The van der Waals surface area contributed by atoms with E-state index in [4.69, 9.17) is 5.73 Å². The van der Waals surface area contributed by atoms with Crippen LogP contribution in [0.4, 0.5) is 0 Å². The van der Waals surface area contributed by atoms with Crippen LogP contribution in [0, 0.1) is 0 Å². The third-order valence-electron chi connectivity index (χ3n) is 2.74. The van der Waals surface area contributed by atoms with Gasteiger partial charge in [0, 0.05) is 31.9 Å². The van der Waals surface area contributed by atoms with Gasteiger partial charge in [-0.2, -0.15) is 0 Å². The van der Waals surface area contributed by atoms with E-state index in [-0.39, 0.29) is 0 Å². The van der Waals surface area contributed by atoms with E-state index in [9.17, 15) is 0 Å². The van der Waals surface area contributed by atoms with Crippen molar-refractivity contribution in [3.05, 3.63) is 30.1 Å². The van der Waals surface area contributed by atoms with Gasteiger partial charge in [0.2, 0.25) is 0 Å². The SMILES string of the molecule is NC1CCN(Cc2ccccn2)CC1. The monoisotopic (exact) mass is 191 g/mol. The molecule has 0 aromatic carbocycles. The van der Waals surface area contributed by atoms with E-state index in [1.165, 1.54) is 0 Å². The molecule has 0 amide bonds. The Kier molecular flexibility index (Phi) is 3.11. The average molecular weight is 191 g/mol. The largest absolute Gasteiger partial charge is 0.328 e. The van der Waals surface area contributed by atoms with Crippen LogP contribution in [0.1, 0.15) is 18.5 Å². The number of nitrogens with zero attached hydrogens (tertiary/aromatic N) is 2. The van der Waals surface area contributed by atoms with Gasteiger partial charge >= 0.3 is 0 Å². The van der Waals surface area contributed by atoms with E-state index in [0.717, 1.165) is 38.2 Å². The van der Waals surface area contributed by atoms with E-state index in [0.29, 0.717) is 6.04 Å². The molecule has 0 atom stereocenters. The fourth-order valence-corrected chi connectivity index (χ4v) is 1.83. The molecule has 1 fully saturated rings. The highest BCUT2D eigenvalue weighted by molar-refractivity contribution is 5.03. The molecule has 14 heavy (non-hydrogen) atoms. The second-order valence-corrected chi connectivity index (χ2v) is 3.93. The molecule has 2 heterocycles. The van der Waals surface area contributed by atoms with Gasteiger partial charge in [-0.1, -0.05) is 6.07 Å². The number of likely N-dealkylation sites (tertiary alicyclic amines) is 1. The maximum absolute atomic E-state index is 5.85. The highest BCUT2D eigenvalue weighted by Gasteiger charge is 2.15. The number of aromatic nitrogens is 1. The van der Waals surface area contributed by atoms with Crippen LogP contribution in [-0.4, -0.2) is 29.0 Å². The molecule has 1 aliphatic rings. The number of pyridine rings is 1. The number of nitrogens with two attached hydrogens (primary N) is 1. The van der Waals surface area contributed by atoms with Crippen molar-refractivity contribution in [3.8, 4) is 0 Å². The van der Waals surface area contributed by atoms with E-state index in [2.05, 4.69) is 16.0 Å². The smallest absolute Gasteiger partial charge is 0.0543 e. The van der Waals surface area contributed by atoms with Crippen molar-refractivity contribution >= 4 is 0 Å². The second-order valence-electron chi connectivity index (χ2n) is 3.93. The molecule has 0 saturated carbocycles. The van der Waals surface area contributed by atoms with Gasteiger partial charge in [0.25, 0.3) is 0 Å². The van der Waals surface area contributed by atoms with Crippen LogP contribution < -0.4 is 5.73 Å². The van der Waals surface area contributed by atoms with Crippen molar-refractivity contribution < 1.29 is 0 Å².